The van der Waals surface area contributed by atoms with Crippen LogP contribution in [0.3, 0.4) is 0 Å². The summed E-state index contributed by atoms with van der Waals surface area (Å²) in [7, 11) is 0. The van der Waals surface area contributed by atoms with Crippen molar-refractivity contribution in [3.05, 3.63) is 52.3 Å². The van der Waals surface area contributed by atoms with Crippen LogP contribution in [-0.4, -0.2) is 100 Å². The van der Waals surface area contributed by atoms with Crippen LogP contribution in [-0.2, 0) is 4.74 Å². The maximum absolute atomic E-state index is 13.8. The Hall–Kier alpha value is -5.03. The number of halogens is 1. The van der Waals surface area contributed by atoms with Crippen LogP contribution in [0.25, 0.3) is 22.6 Å². The van der Waals surface area contributed by atoms with Crippen molar-refractivity contribution >= 4 is 52.0 Å². The first-order chi connectivity index (χ1) is 25.0. The molecule has 4 atom stereocenters. The highest BCUT2D eigenvalue weighted by molar-refractivity contribution is 7.18. The summed E-state index contributed by atoms with van der Waals surface area (Å²) in [6.07, 6.45) is 8.41. The SMILES string of the molecule is CC(C)(C)OC(=O)N1CC2CCC1CC2Oc1cc(Cl)sc1C(=O)N[C@@H]1CCCN(c2cc(-c3ccc(-n4cnnn4)nc3)n3ncnc(N)c23)C1. The fourth-order valence-electron chi connectivity index (χ4n) is 7.51. The van der Waals surface area contributed by atoms with E-state index in [9.17, 15) is 9.59 Å². The van der Waals surface area contributed by atoms with Crippen LogP contribution < -0.4 is 20.7 Å². The van der Waals surface area contributed by atoms with E-state index in [2.05, 4.69) is 40.8 Å². The van der Waals surface area contributed by atoms with E-state index in [-0.39, 0.29) is 36.1 Å². The molecular formula is C34H39ClN12O4S. The number of nitrogen functional groups attached to an aromatic ring is 1. The van der Waals surface area contributed by atoms with Crippen LogP contribution in [0.2, 0.25) is 4.34 Å². The zero-order chi connectivity index (χ0) is 36.1. The second kappa shape index (κ2) is 13.5. The van der Waals surface area contributed by atoms with E-state index < -0.39 is 5.60 Å². The molecule has 1 aliphatic carbocycles. The number of carbonyl (C=O) groups excluding carboxylic acids is 2. The molecule has 2 bridgehead atoms. The first kappa shape index (κ1) is 34.1. The van der Waals surface area contributed by atoms with Gasteiger partial charge >= 0.3 is 6.09 Å². The van der Waals surface area contributed by atoms with Crippen LogP contribution in [0, 0.1) is 5.92 Å². The van der Waals surface area contributed by atoms with Crippen LogP contribution in [0.15, 0.2) is 43.1 Å². The number of fused-ring (bicyclic) bond motifs is 4. The van der Waals surface area contributed by atoms with E-state index in [1.54, 1.807) is 16.8 Å². The Morgan fingerprint density at radius 2 is 1.98 bits per heavy atom. The van der Waals surface area contributed by atoms with E-state index >= 15 is 0 Å². The third-order valence-corrected chi connectivity index (χ3v) is 11.1. The number of pyridine rings is 1. The standard InChI is InChI=1S/C34H39ClN12O4S/c1-34(2,3)51-33(49)45-15-20-6-8-22(45)11-25(20)50-26-13-27(35)52-30(26)32(48)41-21-5-4-10-44(16-21)24-12-23(47-29(24)31(36)38-17-40-47)19-7-9-28(37-14-19)46-18-39-42-43-46/h7,9,12-14,17-18,20-22,25H,4-6,8,10-11,15-16H2,1-3H3,(H,41,48)(H2,36,38,40)/t20?,21-,22?,25?/m1/s1. The molecule has 2 amide bonds. The summed E-state index contributed by atoms with van der Waals surface area (Å²) < 4.78 is 15.9. The molecule has 5 aromatic heterocycles. The van der Waals surface area contributed by atoms with Crippen molar-refractivity contribution < 1.29 is 19.1 Å². The van der Waals surface area contributed by atoms with Crippen molar-refractivity contribution in [2.75, 3.05) is 30.3 Å². The highest BCUT2D eigenvalue weighted by Gasteiger charge is 2.45. The number of anilines is 2. The van der Waals surface area contributed by atoms with Gasteiger partial charge in [0.05, 0.1) is 15.7 Å². The predicted molar refractivity (Wildman–Crippen MR) is 194 cm³/mol. The zero-order valence-corrected chi connectivity index (χ0v) is 30.5. The Morgan fingerprint density at radius 3 is 2.71 bits per heavy atom. The first-order valence-electron chi connectivity index (χ1n) is 17.3. The molecular weight excluding hydrogens is 708 g/mol. The molecule has 52 heavy (non-hydrogen) atoms. The quantitative estimate of drug-likeness (QED) is 0.236. The lowest BCUT2D eigenvalue weighted by Crippen LogP contribution is -2.58. The number of nitrogens with two attached hydrogens (primary N) is 1. The zero-order valence-electron chi connectivity index (χ0n) is 29.0. The van der Waals surface area contributed by atoms with E-state index in [0.717, 1.165) is 49.2 Å². The summed E-state index contributed by atoms with van der Waals surface area (Å²) in [6, 6.07) is 7.39. The number of hydrogen-bond donors (Lipinski definition) is 2. The van der Waals surface area contributed by atoms with Crippen molar-refractivity contribution in [2.24, 2.45) is 5.92 Å². The minimum Gasteiger partial charge on any atom is -0.488 e. The second-order valence-corrected chi connectivity index (χ2v) is 16.2. The number of nitrogens with zero attached hydrogens (tertiary/aromatic N) is 10. The van der Waals surface area contributed by atoms with Crippen LogP contribution in [0.5, 0.6) is 5.75 Å². The number of ether oxygens (including phenoxy) is 2. The van der Waals surface area contributed by atoms with Gasteiger partial charge in [-0.3, -0.25) is 4.79 Å². The molecule has 16 nitrogen and oxygen atoms in total. The molecule has 18 heteroatoms. The minimum atomic E-state index is -0.557. The first-order valence-corrected chi connectivity index (χ1v) is 18.5. The number of tetrazole rings is 1. The fourth-order valence-corrected chi connectivity index (χ4v) is 8.56. The van der Waals surface area contributed by atoms with Crippen molar-refractivity contribution in [1.29, 1.82) is 0 Å². The molecule has 1 saturated carbocycles. The average molecular weight is 747 g/mol. The van der Waals surface area contributed by atoms with Gasteiger partial charge in [-0.2, -0.15) is 9.78 Å². The average Bonchev–Trinajstić information content (AvgIpc) is 3.88. The second-order valence-electron chi connectivity index (χ2n) is 14.5. The molecule has 3 unspecified atom stereocenters. The normalized spacial score (nSPS) is 21.8. The summed E-state index contributed by atoms with van der Waals surface area (Å²) in [5.74, 6) is 1.32. The number of thiophene rings is 1. The van der Waals surface area contributed by atoms with Crippen LogP contribution in [0.4, 0.5) is 16.3 Å². The summed E-state index contributed by atoms with van der Waals surface area (Å²) >= 11 is 7.69. The lowest BCUT2D eigenvalue weighted by Gasteiger charge is -2.48. The lowest BCUT2D eigenvalue weighted by atomic mass is 9.78. The Morgan fingerprint density at radius 1 is 1.12 bits per heavy atom. The van der Waals surface area contributed by atoms with Gasteiger partial charge in [-0.15, -0.1) is 16.4 Å². The Bertz CT molecular complexity index is 2100. The molecule has 0 spiro atoms. The van der Waals surface area contributed by atoms with Crippen molar-refractivity contribution in [2.45, 2.75) is 76.7 Å². The molecule has 9 rings (SSSR count). The summed E-state index contributed by atoms with van der Waals surface area (Å²) in [5.41, 5.74) is 9.05. The third kappa shape index (κ3) is 6.69. The lowest BCUT2D eigenvalue weighted by molar-refractivity contribution is -0.0502. The van der Waals surface area contributed by atoms with E-state index in [1.165, 1.54) is 28.7 Å². The summed E-state index contributed by atoms with van der Waals surface area (Å²) in [4.78, 5) is 40.0. The molecule has 5 aromatic rings. The van der Waals surface area contributed by atoms with Crippen molar-refractivity contribution in [3.63, 3.8) is 0 Å². The Balaban J connectivity index is 0.967. The number of piperidine rings is 3. The van der Waals surface area contributed by atoms with Gasteiger partial charge in [-0.25, -0.2) is 19.3 Å². The van der Waals surface area contributed by atoms with Crippen LogP contribution in [0.1, 0.15) is 62.5 Å². The molecule has 3 N–H and O–H groups in total. The van der Waals surface area contributed by atoms with Gasteiger partial charge in [0, 0.05) is 61.9 Å². The van der Waals surface area contributed by atoms with Gasteiger partial charge in [-0.05, 0) is 75.1 Å². The molecule has 0 radical (unpaired) electrons. The van der Waals surface area contributed by atoms with Gasteiger partial charge in [0.1, 0.15) is 40.5 Å². The maximum Gasteiger partial charge on any atom is 0.410 e. The molecule has 4 aliphatic rings. The highest BCUT2D eigenvalue weighted by atomic mass is 35.5. The highest BCUT2D eigenvalue weighted by Crippen LogP contribution is 2.41. The number of amides is 2. The number of hydrogen-bond acceptors (Lipinski definition) is 13. The van der Waals surface area contributed by atoms with E-state index in [4.69, 9.17) is 26.8 Å². The van der Waals surface area contributed by atoms with Crippen LogP contribution >= 0.6 is 22.9 Å². The monoisotopic (exact) mass is 746 g/mol. The molecule has 272 valence electrons. The van der Waals surface area contributed by atoms with Gasteiger partial charge < -0.3 is 30.3 Å². The predicted octanol–water partition coefficient (Wildman–Crippen LogP) is 4.63. The topological polar surface area (TPSA) is 184 Å². The molecule has 0 aromatic carbocycles. The molecule has 4 fully saturated rings. The van der Waals surface area contributed by atoms with Gasteiger partial charge in [-0.1, -0.05) is 11.6 Å². The van der Waals surface area contributed by atoms with E-state index in [1.807, 2.05) is 43.9 Å². The largest absolute Gasteiger partial charge is 0.488 e. The molecule has 8 heterocycles. The van der Waals surface area contributed by atoms with Gasteiger partial charge in [0.15, 0.2) is 11.6 Å². The van der Waals surface area contributed by atoms with Crippen molar-refractivity contribution in [1.82, 2.24) is 50.0 Å². The van der Waals surface area contributed by atoms with Crippen molar-refractivity contribution in [3.8, 4) is 22.8 Å². The molecule has 3 saturated heterocycles. The maximum atomic E-state index is 13.8. The number of rotatable bonds is 7. The van der Waals surface area contributed by atoms with Gasteiger partial charge in [0.2, 0.25) is 0 Å². The summed E-state index contributed by atoms with van der Waals surface area (Å²) in [6.45, 7) is 7.51. The Kier molecular flexibility index (Phi) is 8.85. The third-order valence-electron chi connectivity index (χ3n) is 9.84. The summed E-state index contributed by atoms with van der Waals surface area (Å²) in [5, 5.41) is 19.0. The van der Waals surface area contributed by atoms with Gasteiger partial charge in [0.25, 0.3) is 5.91 Å². The Labute approximate surface area is 308 Å². The number of carbonyl (C=O) groups is 2. The fraction of sp³-hybridized carbons (Fsp3) is 0.471. The minimum absolute atomic E-state index is 0.0302. The number of nitrogens with one attached hydrogen (secondary N) is 1. The number of aromatic nitrogens is 8. The van der Waals surface area contributed by atoms with E-state index in [0.29, 0.717) is 51.6 Å². The smallest absolute Gasteiger partial charge is 0.410 e. The molecule has 3 aliphatic heterocycles.